The van der Waals surface area contributed by atoms with E-state index in [1.807, 2.05) is 19.9 Å². The van der Waals surface area contributed by atoms with Gasteiger partial charge in [0.05, 0.1) is 17.6 Å². The standard InChI is InChI=1S/C13H16N4O2S/c1-8-3-4-11(20-8)13(19)15-7-12(18)14-5-10-6-16-17-9(10)2/h3-4,6H,5,7H2,1-2H3,(H,14,18)(H,15,19)(H,16,17). The fourth-order valence-electron chi connectivity index (χ4n) is 1.61. The minimum Gasteiger partial charge on any atom is -0.350 e. The van der Waals surface area contributed by atoms with E-state index in [9.17, 15) is 9.59 Å². The third-order valence-corrected chi connectivity index (χ3v) is 3.78. The molecule has 2 aromatic rings. The van der Waals surface area contributed by atoms with E-state index in [1.54, 1.807) is 12.3 Å². The lowest BCUT2D eigenvalue weighted by Crippen LogP contribution is -2.36. The molecule has 0 aliphatic rings. The van der Waals surface area contributed by atoms with Crippen molar-refractivity contribution in [1.29, 1.82) is 0 Å². The van der Waals surface area contributed by atoms with E-state index in [4.69, 9.17) is 0 Å². The molecule has 2 aromatic heterocycles. The van der Waals surface area contributed by atoms with Crippen LogP contribution in [-0.2, 0) is 11.3 Å². The first-order valence-corrected chi connectivity index (χ1v) is 6.98. The lowest BCUT2D eigenvalue weighted by molar-refractivity contribution is -0.120. The molecule has 0 unspecified atom stereocenters. The second-order valence-electron chi connectivity index (χ2n) is 4.39. The summed E-state index contributed by atoms with van der Waals surface area (Å²) in [4.78, 5) is 25.1. The summed E-state index contributed by atoms with van der Waals surface area (Å²) >= 11 is 1.40. The van der Waals surface area contributed by atoms with Gasteiger partial charge in [0.2, 0.25) is 5.91 Å². The van der Waals surface area contributed by atoms with Gasteiger partial charge >= 0.3 is 0 Å². The quantitative estimate of drug-likeness (QED) is 0.772. The summed E-state index contributed by atoms with van der Waals surface area (Å²) in [6.45, 7) is 4.18. The normalized spacial score (nSPS) is 10.3. The van der Waals surface area contributed by atoms with E-state index in [0.29, 0.717) is 11.4 Å². The second kappa shape index (κ2) is 6.33. The van der Waals surface area contributed by atoms with E-state index < -0.39 is 0 Å². The number of aromatic nitrogens is 2. The third-order valence-electron chi connectivity index (χ3n) is 2.78. The van der Waals surface area contributed by atoms with Crippen molar-refractivity contribution in [2.75, 3.05) is 6.54 Å². The molecule has 0 aromatic carbocycles. The van der Waals surface area contributed by atoms with E-state index in [0.717, 1.165) is 16.1 Å². The average Bonchev–Trinajstić information content (AvgIpc) is 3.02. The molecule has 0 radical (unpaired) electrons. The van der Waals surface area contributed by atoms with Crippen LogP contribution in [0.1, 0.15) is 25.8 Å². The number of thiophene rings is 1. The smallest absolute Gasteiger partial charge is 0.261 e. The van der Waals surface area contributed by atoms with Gasteiger partial charge in [0.25, 0.3) is 5.91 Å². The van der Waals surface area contributed by atoms with Crippen LogP contribution in [0, 0.1) is 13.8 Å². The van der Waals surface area contributed by atoms with E-state index in [1.165, 1.54) is 11.3 Å². The fourth-order valence-corrected chi connectivity index (χ4v) is 2.40. The van der Waals surface area contributed by atoms with Crippen molar-refractivity contribution < 1.29 is 9.59 Å². The number of hydrogen-bond acceptors (Lipinski definition) is 4. The van der Waals surface area contributed by atoms with E-state index in [-0.39, 0.29) is 18.4 Å². The van der Waals surface area contributed by atoms with Crippen LogP contribution in [0.15, 0.2) is 18.3 Å². The Morgan fingerprint density at radius 1 is 1.30 bits per heavy atom. The Hall–Kier alpha value is -2.15. The van der Waals surface area contributed by atoms with Crippen molar-refractivity contribution in [2.45, 2.75) is 20.4 Å². The first-order valence-electron chi connectivity index (χ1n) is 6.16. The van der Waals surface area contributed by atoms with Crippen LogP contribution < -0.4 is 10.6 Å². The zero-order valence-electron chi connectivity index (χ0n) is 11.3. The number of rotatable bonds is 5. The van der Waals surface area contributed by atoms with Crippen molar-refractivity contribution in [3.8, 4) is 0 Å². The molecule has 2 rings (SSSR count). The number of carbonyl (C=O) groups is 2. The predicted octanol–water partition coefficient (Wildman–Crippen LogP) is 1.13. The van der Waals surface area contributed by atoms with Gasteiger partial charge in [-0.05, 0) is 26.0 Å². The van der Waals surface area contributed by atoms with E-state index >= 15 is 0 Å². The highest BCUT2D eigenvalue weighted by atomic mass is 32.1. The lowest BCUT2D eigenvalue weighted by Gasteiger charge is -2.05. The maximum atomic E-state index is 11.8. The van der Waals surface area contributed by atoms with Gasteiger partial charge in [-0.3, -0.25) is 14.7 Å². The molecular weight excluding hydrogens is 276 g/mol. The monoisotopic (exact) mass is 292 g/mol. The lowest BCUT2D eigenvalue weighted by atomic mass is 10.2. The van der Waals surface area contributed by atoms with Gasteiger partial charge in [-0.15, -0.1) is 11.3 Å². The Bertz CT molecular complexity index is 617. The van der Waals surface area contributed by atoms with Gasteiger partial charge in [-0.1, -0.05) is 0 Å². The summed E-state index contributed by atoms with van der Waals surface area (Å²) in [5, 5.41) is 12.0. The molecule has 2 heterocycles. The number of carbonyl (C=O) groups excluding carboxylic acids is 2. The summed E-state index contributed by atoms with van der Waals surface area (Å²) in [7, 11) is 0. The molecule has 0 aliphatic carbocycles. The SMILES string of the molecule is Cc1ccc(C(=O)NCC(=O)NCc2cn[nH]c2C)s1. The number of H-pyrrole nitrogens is 1. The molecule has 0 aliphatic heterocycles. The maximum absolute atomic E-state index is 11.8. The Labute approximate surface area is 120 Å². The zero-order chi connectivity index (χ0) is 14.5. The maximum Gasteiger partial charge on any atom is 0.261 e. The number of amides is 2. The topological polar surface area (TPSA) is 86.9 Å². The largest absolute Gasteiger partial charge is 0.350 e. The van der Waals surface area contributed by atoms with Crippen molar-refractivity contribution in [3.05, 3.63) is 39.3 Å². The zero-order valence-corrected chi connectivity index (χ0v) is 12.1. The molecule has 3 N–H and O–H groups in total. The molecule has 0 atom stereocenters. The molecule has 7 heteroatoms. The summed E-state index contributed by atoms with van der Waals surface area (Å²) in [5.41, 5.74) is 1.85. The summed E-state index contributed by atoms with van der Waals surface area (Å²) in [6, 6.07) is 3.63. The Balaban J connectivity index is 1.75. The molecule has 0 bridgehead atoms. The van der Waals surface area contributed by atoms with Gasteiger partial charge in [0, 0.05) is 22.7 Å². The van der Waals surface area contributed by atoms with Crippen LogP contribution in [0.4, 0.5) is 0 Å². The molecule has 2 amide bonds. The second-order valence-corrected chi connectivity index (χ2v) is 5.68. The van der Waals surface area contributed by atoms with Gasteiger partial charge in [-0.25, -0.2) is 0 Å². The molecule has 6 nitrogen and oxygen atoms in total. The van der Waals surface area contributed by atoms with Crippen molar-refractivity contribution in [2.24, 2.45) is 0 Å². The van der Waals surface area contributed by atoms with Crippen LogP contribution in [0.2, 0.25) is 0 Å². The number of hydrogen-bond donors (Lipinski definition) is 3. The highest BCUT2D eigenvalue weighted by Gasteiger charge is 2.10. The van der Waals surface area contributed by atoms with Gasteiger partial charge < -0.3 is 10.6 Å². The Kier molecular flexibility index (Phi) is 4.52. The van der Waals surface area contributed by atoms with E-state index in [2.05, 4.69) is 20.8 Å². The number of nitrogens with zero attached hydrogens (tertiary/aromatic N) is 1. The summed E-state index contributed by atoms with van der Waals surface area (Å²) in [6.07, 6.45) is 1.67. The summed E-state index contributed by atoms with van der Waals surface area (Å²) < 4.78 is 0. The minimum atomic E-state index is -0.229. The van der Waals surface area contributed by atoms with Gasteiger partial charge in [0.15, 0.2) is 0 Å². The predicted molar refractivity (Wildman–Crippen MR) is 76.6 cm³/mol. The molecule has 0 spiro atoms. The highest BCUT2D eigenvalue weighted by molar-refractivity contribution is 7.13. The number of aryl methyl sites for hydroxylation is 2. The van der Waals surface area contributed by atoms with Crippen LogP contribution in [-0.4, -0.2) is 28.6 Å². The van der Waals surface area contributed by atoms with Crippen molar-refractivity contribution in [1.82, 2.24) is 20.8 Å². The molecule has 0 saturated carbocycles. The fraction of sp³-hybridized carbons (Fsp3) is 0.308. The van der Waals surface area contributed by atoms with Crippen LogP contribution in [0.5, 0.6) is 0 Å². The minimum absolute atomic E-state index is 0.0350. The Morgan fingerprint density at radius 2 is 2.10 bits per heavy atom. The molecule has 20 heavy (non-hydrogen) atoms. The highest BCUT2D eigenvalue weighted by Crippen LogP contribution is 2.14. The molecule has 106 valence electrons. The van der Waals surface area contributed by atoms with Gasteiger partial charge in [-0.2, -0.15) is 5.10 Å². The molecule has 0 fully saturated rings. The number of nitrogens with one attached hydrogen (secondary N) is 3. The molecule has 0 saturated heterocycles. The third kappa shape index (κ3) is 3.67. The molecular formula is C13H16N4O2S. The van der Waals surface area contributed by atoms with Crippen LogP contribution in [0.3, 0.4) is 0 Å². The van der Waals surface area contributed by atoms with Crippen molar-refractivity contribution in [3.63, 3.8) is 0 Å². The Morgan fingerprint density at radius 3 is 2.70 bits per heavy atom. The number of aromatic amines is 1. The summed E-state index contributed by atoms with van der Waals surface area (Å²) in [5.74, 6) is -0.454. The van der Waals surface area contributed by atoms with Gasteiger partial charge in [0.1, 0.15) is 0 Å². The first-order chi connectivity index (χ1) is 9.56. The average molecular weight is 292 g/mol. The van der Waals surface area contributed by atoms with Crippen LogP contribution >= 0.6 is 11.3 Å². The van der Waals surface area contributed by atoms with Crippen molar-refractivity contribution >= 4 is 23.2 Å². The first kappa shape index (κ1) is 14.3. The van der Waals surface area contributed by atoms with Crippen LogP contribution in [0.25, 0.3) is 0 Å².